The fraction of sp³-hybridized carbons (Fsp3) is 0.926. The summed E-state index contributed by atoms with van der Waals surface area (Å²) >= 11 is 0. The zero-order valence-electron chi connectivity index (χ0n) is 22.5. The van der Waals surface area contributed by atoms with Gasteiger partial charge in [0.1, 0.15) is 32.8 Å². The van der Waals surface area contributed by atoms with Gasteiger partial charge in [-0.1, -0.05) is 90.9 Å². The van der Waals surface area contributed by atoms with Gasteiger partial charge in [0.25, 0.3) is 0 Å². The molecule has 0 aliphatic heterocycles. The van der Waals surface area contributed by atoms with Gasteiger partial charge in [-0.05, 0) is 12.8 Å². The maximum absolute atomic E-state index is 12.0. The number of halogens is 1. The number of hydrogen-bond acceptors (Lipinski definition) is 5. The van der Waals surface area contributed by atoms with Gasteiger partial charge >= 0.3 is 11.9 Å². The van der Waals surface area contributed by atoms with E-state index in [2.05, 4.69) is 13.8 Å². The van der Waals surface area contributed by atoms with Gasteiger partial charge in [-0.2, -0.15) is 0 Å². The predicted octanol–water partition coefficient (Wildman–Crippen LogP) is 2.80. The third-order valence-corrected chi connectivity index (χ3v) is 6.40. The highest BCUT2D eigenvalue weighted by atomic mass is 35.5. The molecule has 6 nitrogen and oxygen atoms in total. The Balaban J connectivity index is 0. The Hall–Kier alpha value is -0.850. The Labute approximate surface area is 216 Å². The van der Waals surface area contributed by atoms with Crippen LogP contribution in [0.5, 0.6) is 0 Å². The highest BCUT2D eigenvalue weighted by Gasteiger charge is 2.22. The lowest BCUT2D eigenvalue weighted by molar-refractivity contribution is -0.910. The maximum atomic E-state index is 12.0. The highest BCUT2D eigenvalue weighted by molar-refractivity contribution is 5.69. The lowest BCUT2D eigenvalue weighted by Crippen LogP contribution is -3.00. The van der Waals surface area contributed by atoms with Crippen molar-refractivity contribution in [3.05, 3.63) is 0 Å². The van der Waals surface area contributed by atoms with Crippen molar-refractivity contribution < 1.29 is 41.1 Å². The number of unbranched alkanes of at least 4 members (excludes halogenated alkanes) is 12. The normalized spacial score (nSPS) is 11.2. The summed E-state index contributed by atoms with van der Waals surface area (Å²) in [6.45, 7) is 6.90. The molecule has 0 aromatic rings. The summed E-state index contributed by atoms with van der Waals surface area (Å²) in [5.74, 6) is -0.277. The predicted molar refractivity (Wildman–Crippen MR) is 135 cm³/mol. The summed E-state index contributed by atoms with van der Waals surface area (Å²) in [7, 11) is 2.00. The molecule has 0 radical (unpaired) electrons. The summed E-state index contributed by atoms with van der Waals surface area (Å²) in [4.78, 5) is 24.0. The molecule has 204 valence electrons. The van der Waals surface area contributed by atoms with E-state index in [1.807, 2.05) is 7.05 Å². The quantitative estimate of drug-likeness (QED) is 0.123. The number of carbonyl (C=O) groups excluding carboxylic acids is 2. The molecular formula is C27H54ClNO5. The second kappa shape index (κ2) is 25.2. The Morgan fingerprint density at radius 3 is 1.32 bits per heavy atom. The summed E-state index contributed by atoms with van der Waals surface area (Å²) in [5.41, 5.74) is 0. The standard InChI is InChI=1S/C27H54NO5.ClH/c1-4-6-8-10-12-14-16-18-26(30)32-24-21-28(3,20-23-29)22-25-33-27(31)19-17-15-13-11-9-7-5-2;/h29H,4-25H2,1-3H3;1H/q+1;/p-1. The minimum absolute atomic E-state index is 0. The monoisotopic (exact) mass is 507 g/mol. The molecule has 34 heavy (non-hydrogen) atoms. The zero-order valence-corrected chi connectivity index (χ0v) is 23.2. The molecule has 0 aliphatic rings. The average molecular weight is 508 g/mol. The first-order chi connectivity index (χ1) is 16.0. The molecule has 0 aliphatic carbocycles. The second-order valence-electron chi connectivity index (χ2n) is 9.70. The molecule has 0 saturated carbocycles. The van der Waals surface area contributed by atoms with Crippen molar-refractivity contribution in [2.75, 3.05) is 46.5 Å². The number of aliphatic hydroxyl groups excluding tert-OH is 1. The summed E-state index contributed by atoms with van der Waals surface area (Å²) in [5, 5.41) is 9.43. The van der Waals surface area contributed by atoms with Gasteiger partial charge in [0.15, 0.2) is 0 Å². The topological polar surface area (TPSA) is 72.8 Å². The van der Waals surface area contributed by atoms with Crippen LogP contribution in [-0.4, -0.2) is 68.0 Å². The third-order valence-electron chi connectivity index (χ3n) is 6.40. The molecule has 0 aromatic carbocycles. The maximum Gasteiger partial charge on any atom is 0.305 e. The fourth-order valence-corrected chi connectivity index (χ4v) is 3.93. The van der Waals surface area contributed by atoms with Gasteiger partial charge < -0.3 is 31.5 Å². The lowest BCUT2D eigenvalue weighted by Gasteiger charge is -2.33. The van der Waals surface area contributed by atoms with E-state index < -0.39 is 0 Å². The number of carbonyl (C=O) groups is 2. The number of rotatable bonds is 24. The van der Waals surface area contributed by atoms with Crippen molar-refractivity contribution in [3.8, 4) is 0 Å². The summed E-state index contributed by atoms with van der Waals surface area (Å²) in [6.07, 6.45) is 17.5. The van der Waals surface area contributed by atoms with Crippen LogP contribution in [0.15, 0.2) is 0 Å². The molecule has 0 amide bonds. The fourth-order valence-electron chi connectivity index (χ4n) is 3.93. The smallest absolute Gasteiger partial charge is 0.305 e. The third kappa shape index (κ3) is 22.9. The molecule has 1 N–H and O–H groups in total. The minimum Gasteiger partial charge on any atom is -1.00 e. The van der Waals surface area contributed by atoms with Crippen LogP contribution < -0.4 is 12.4 Å². The first kappa shape index (κ1) is 35.3. The van der Waals surface area contributed by atoms with E-state index in [0.717, 1.165) is 25.7 Å². The summed E-state index contributed by atoms with van der Waals surface area (Å²) < 4.78 is 11.3. The molecule has 0 aromatic heterocycles. The van der Waals surface area contributed by atoms with Crippen molar-refractivity contribution in [3.63, 3.8) is 0 Å². The Morgan fingerprint density at radius 1 is 0.618 bits per heavy atom. The van der Waals surface area contributed by atoms with Gasteiger partial charge in [-0.15, -0.1) is 0 Å². The second-order valence-corrected chi connectivity index (χ2v) is 9.70. The van der Waals surface area contributed by atoms with Crippen molar-refractivity contribution in [1.29, 1.82) is 0 Å². The van der Waals surface area contributed by atoms with E-state index in [0.29, 0.717) is 50.2 Å². The van der Waals surface area contributed by atoms with Crippen LogP contribution in [0.1, 0.15) is 117 Å². The van der Waals surface area contributed by atoms with E-state index in [9.17, 15) is 14.7 Å². The van der Waals surface area contributed by atoms with Crippen LogP contribution >= 0.6 is 0 Å². The Morgan fingerprint density at radius 2 is 0.971 bits per heavy atom. The number of ether oxygens (including phenoxy) is 2. The van der Waals surface area contributed by atoms with Crippen LogP contribution in [0.3, 0.4) is 0 Å². The molecule has 7 heteroatoms. The Kier molecular flexibility index (Phi) is 26.2. The SMILES string of the molecule is CCCCCCCCCC(=O)OCC[N+](C)(CCO)CCOC(=O)CCCCCCCCC.[Cl-]. The van der Waals surface area contributed by atoms with Gasteiger partial charge in [0.05, 0.1) is 13.7 Å². The number of likely N-dealkylation sites (N-methyl/N-ethyl adjacent to an activating group) is 1. The molecular weight excluding hydrogens is 454 g/mol. The van der Waals surface area contributed by atoms with Crippen LogP contribution in [0.25, 0.3) is 0 Å². The number of nitrogens with zero attached hydrogens (tertiary/aromatic N) is 1. The van der Waals surface area contributed by atoms with Crippen molar-refractivity contribution in [2.24, 2.45) is 0 Å². The summed E-state index contributed by atoms with van der Waals surface area (Å²) in [6, 6.07) is 0. The van der Waals surface area contributed by atoms with Gasteiger partial charge in [-0.3, -0.25) is 9.59 Å². The molecule has 0 fully saturated rings. The van der Waals surface area contributed by atoms with Crippen LogP contribution in [0, 0.1) is 0 Å². The van der Waals surface area contributed by atoms with Crippen molar-refractivity contribution in [2.45, 2.75) is 117 Å². The molecule has 0 bridgehead atoms. The lowest BCUT2D eigenvalue weighted by atomic mass is 10.1. The largest absolute Gasteiger partial charge is 1.00 e. The van der Waals surface area contributed by atoms with E-state index >= 15 is 0 Å². The molecule has 0 saturated heterocycles. The molecule has 0 heterocycles. The highest BCUT2D eigenvalue weighted by Crippen LogP contribution is 2.10. The number of hydrogen-bond donors (Lipinski definition) is 1. The average Bonchev–Trinajstić information content (AvgIpc) is 2.78. The molecule has 0 rings (SSSR count). The first-order valence-corrected chi connectivity index (χ1v) is 13.7. The van der Waals surface area contributed by atoms with Crippen LogP contribution in [-0.2, 0) is 19.1 Å². The van der Waals surface area contributed by atoms with E-state index in [1.165, 1.54) is 64.2 Å². The first-order valence-electron chi connectivity index (χ1n) is 13.7. The minimum atomic E-state index is -0.139. The zero-order chi connectivity index (χ0) is 24.6. The van der Waals surface area contributed by atoms with Crippen molar-refractivity contribution in [1.82, 2.24) is 0 Å². The Bertz CT molecular complexity index is 440. The molecule has 0 atom stereocenters. The number of esters is 2. The molecule has 0 spiro atoms. The van der Waals surface area contributed by atoms with Crippen molar-refractivity contribution >= 4 is 11.9 Å². The molecule has 0 unspecified atom stereocenters. The number of aliphatic hydroxyl groups is 1. The number of quaternary nitrogens is 1. The van der Waals surface area contributed by atoms with E-state index in [-0.39, 0.29) is 31.0 Å². The van der Waals surface area contributed by atoms with Gasteiger partial charge in [-0.25, -0.2) is 0 Å². The van der Waals surface area contributed by atoms with E-state index in [1.54, 1.807) is 0 Å². The van der Waals surface area contributed by atoms with Gasteiger partial charge in [0, 0.05) is 12.8 Å². The van der Waals surface area contributed by atoms with E-state index in [4.69, 9.17) is 9.47 Å². The van der Waals surface area contributed by atoms with Gasteiger partial charge in [0.2, 0.25) is 0 Å². The van der Waals surface area contributed by atoms with Crippen LogP contribution in [0.2, 0.25) is 0 Å². The van der Waals surface area contributed by atoms with Crippen LogP contribution in [0.4, 0.5) is 0 Å².